The number of rotatable bonds is 4. The number of fused-ring (bicyclic) bond motifs is 1. The second-order valence-corrected chi connectivity index (χ2v) is 6.27. The van der Waals surface area contributed by atoms with Gasteiger partial charge in [0.15, 0.2) is 16.9 Å². The van der Waals surface area contributed by atoms with E-state index in [9.17, 15) is 14.4 Å². The molecule has 3 rings (SSSR count). The van der Waals surface area contributed by atoms with Gasteiger partial charge in [0.2, 0.25) is 5.95 Å². The molecule has 0 aromatic carbocycles. The number of nitrogens with zero attached hydrogens (tertiary/aromatic N) is 5. The summed E-state index contributed by atoms with van der Waals surface area (Å²) in [5, 5.41) is 3.95. The lowest BCUT2D eigenvalue weighted by Crippen LogP contribution is -2.47. The molecule has 0 saturated carbocycles. The maximum Gasteiger partial charge on any atom is 0.332 e. The Bertz CT molecular complexity index is 1060. The van der Waals surface area contributed by atoms with Gasteiger partial charge < -0.3 is 20.4 Å². The lowest BCUT2D eigenvalue weighted by atomic mass is 10.3. The van der Waals surface area contributed by atoms with Crippen molar-refractivity contribution in [2.45, 2.75) is 0 Å². The number of aromatic nitrogens is 4. The molecule has 2 aromatic heterocycles. The first-order valence-corrected chi connectivity index (χ1v) is 8.38. The normalized spacial score (nSPS) is 15.2. The fourth-order valence-electron chi connectivity index (χ4n) is 2.61. The molecule has 13 heteroatoms. The van der Waals surface area contributed by atoms with Crippen LogP contribution in [0.1, 0.15) is 0 Å². The maximum atomic E-state index is 12.5. The third-order valence-corrected chi connectivity index (χ3v) is 4.30. The Morgan fingerprint density at radius 2 is 1.96 bits per heavy atom. The molecule has 12 nitrogen and oxygen atoms in total. The van der Waals surface area contributed by atoms with E-state index >= 15 is 0 Å². The zero-order valence-corrected chi connectivity index (χ0v) is 15.5. The van der Waals surface area contributed by atoms with E-state index in [-0.39, 0.29) is 27.8 Å². The Balaban J connectivity index is 1.93. The van der Waals surface area contributed by atoms with Gasteiger partial charge in [0.1, 0.15) is 4.99 Å². The first kappa shape index (κ1) is 18.7. The predicted octanol–water partition coefficient (Wildman–Crippen LogP) is -2.13. The highest BCUT2D eigenvalue weighted by atomic mass is 32.1. The van der Waals surface area contributed by atoms with Crippen molar-refractivity contribution in [1.29, 1.82) is 0 Å². The van der Waals surface area contributed by atoms with Gasteiger partial charge in [-0.25, -0.2) is 10.2 Å². The van der Waals surface area contributed by atoms with Crippen molar-refractivity contribution in [3.05, 3.63) is 20.8 Å². The number of morpholine rings is 1. The lowest BCUT2D eigenvalue weighted by molar-refractivity contribution is -0.127. The number of aromatic amines is 1. The standard InChI is InChI=1S/C14H18N8O4S/c1-20-10-8(11(23)21(2)14(20)25)16-13(17-10)19-18-7(9(15)27)12(24)22-3-5-26-6-4-22/h3-6H2,1-2H3,(H2,15,27)(H2,16,17,19)/b18-7-. The van der Waals surface area contributed by atoms with Crippen LogP contribution in [0.3, 0.4) is 0 Å². The largest absolute Gasteiger partial charge is 0.388 e. The third-order valence-electron chi connectivity index (χ3n) is 4.10. The number of nitrogens with two attached hydrogens (primary N) is 1. The Morgan fingerprint density at radius 3 is 2.59 bits per heavy atom. The summed E-state index contributed by atoms with van der Waals surface area (Å²) >= 11 is 4.92. The molecule has 1 amide bonds. The van der Waals surface area contributed by atoms with Crippen molar-refractivity contribution in [3.8, 4) is 0 Å². The number of ether oxygens (including phenoxy) is 1. The molecule has 0 bridgehead atoms. The van der Waals surface area contributed by atoms with Gasteiger partial charge in [-0.3, -0.25) is 18.7 Å². The van der Waals surface area contributed by atoms with Gasteiger partial charge in [-0.15, -0.1) is 0 Å². The van der Waals surface area contributed by atoms with Gasteiger partial charge in [0.25, 0.3) is 11.5 Å². The molecule has 1 fully saturated rings. The number of imidazole rings is 1. The van der Waals surface area contributed by atoms with Crippen molar-refractivity contribution in [2.24, 2.45) is 24.9 Å². The van der Waals surface area contributed by atoms with E-state index in [0.29, 0.717) is 26.3 Å². The summed E-state index contributed by atoms with van der Waals surface area (Å²) in [5.74, 6) is -0.371. The number of carbonyl (C=O) groups is 1. The average molecular weight is 394 g/mol. The highest BCUT2D eigenvalue weighted by Gasteiger charge is 2.24. The number of amides is 1. The number of nitrogens with one attached hydrogen (secondary N) is 2. The lowest BCUT2D eigenvalue weighted by Gasteiger charge is -2.26. The van der Waals surface area contributed by atoms with E-state index in [2.05, 4.69) is 20.5 Å². The van der Waals surface area contributed by atoms with E-state index in [4.69, 9.17) is 22.7 Å². The van der Waals surface area contributed by atoms with Gasteiger partial charge in [-0.05, 0) is 0 Å². The number of hydrogen-bond donors (Lipinski definition) is 3. The minimum atomic E-state index is -0.531. The van der Waals surface area contributed by atoms with Crippen LogP contribution in [-0.4, -0.2) is 66.9 Å². The highest BCUT2D eigenvalue weighted by molar-refractivity contribution is 7.82. The smallest absolute Gasteiger partial charge is 0.332 e. The van der Waals surface area contributed by atoms with Crippen LogP contribution in [0.2, 0.25) is 0 Å². The van der Waals surface area contributed by atoms with E-state index in [1.807, 2.05) is 0 Å². The van der Waals surface area contributed by atoms with E-state index in [0.717, 1.165) is 4.57 Å². The molecule has 0 aliphatic carbocycles. The van der Waals surface area contributed by atoms with Gasteiger partial charge in [-0.1, -0.05) is 12.2 Å². The molecule has 1 aliphatic heterocycles. The Hall–Kier alpha value is -3.06. The fourth-order valence-corrected chi connectivity index (χ4v) is 2.75. The van der Waals surface area contributed by atoms with Crippen LogP contribution < -0.4 is 22.4 Å². The Kier molecular flexibility index (Phi) is 5.05. The zero-order valence-electron chi connectivity index (χ0n) is 14.7. The van der Waals surface area contributed by atoms with Crippen LogP contribution in [0.4, 0.5) is 5.95 Å². The van der Waals surface area contributed by atoms with Gasteiger partial charge >= 0.3 is 5.69 Å². The Morgan fingerprint density at radius 1 is 1.30 bits per heavy atom. The van der Waals surface area contributed by atoms with Crippen LogP contribution in [0.25, 0.3) is 11.2 Å². The molecule has 27 heavy (non-hydrogen) atoms. The molecule has 0 unspecified atom stereocenters. The predicted molar refractivity (Wildman–Crippen MR) is 102 cm³/mol. The molecule has 4 N–H and O–H groups in total. The summed E-state index contributed by atoms with van der Waals surface area (Å²) in [6.07, 6.45) is 0. The molecule has 144 valence electrons. The van der Waals surface area contributed by atoms with Gasteiger partial charge in [-0.2, -0.15) is 10.1 Å². The van der Waals surface area contributed by atoms with Crippen molar-refractivity contribution < 1.29 is 9.53 Å². The fraction of sp³-hybridized carbons (Fsp3) is 0.429. The quantitative estimate of drug-likeness (QED) is 0.302. The average Bonchev–Trinajstić information content (AvgIpc) is 3.09. The molecule has 1 saturated heterocycles. The topological polar surface area (TPSA) is 153 Å². The molecule has 3 heterocycles. The number of H-pyrrole nitrogens is 1. The minimum absolute atomic E-state index is 0.0619. The molecule has 2 aromatic rings. The monoisotopic (exact) mass is 394 g/mol. The van der Waals surface area contributed by atoms with Crippen molar-refractivity contribution in [1.82, 2.24) is 24.0 Å². The number of hydrogen-bond acceptors (Lipinski definition) is 8. The summed E-state index contributed by atoms with van der Waals surface area (Å²) in [7, 11) is 2.85. The van der Waals surface area contributed by atoms with Crippen LogP contribution in [0.5, 0.6) is 0 Å². The first-order valence-electron chi connectivity index (χ1n) is 7.97. The Labute approximate surface area is 157 Å². The van der Waals surface area contributed by atoms with Crippen molar-refractivity contribution in [2.75, 3.05) is 31.7 Å². The zero-order chi connectivity index (χ0) is 19.7. The van der Waals surface area contributed by atoms with E-state index < -0.39 is 17.2 Å². The molecular formula is C14H18N8O4S. The number of aryl methyl sites for hydroxylation is 1. The van der Waals surface area contributed by atoms with Crippen molar-refractivity contribution >= 4 is 45.9 Å². The van der Waals surface area contributed by atoms with Crippen molar-refractivity contribution in [3.63, 3.8) is 0 Å². The molecule has 0 radical (unpaired) electrons. The van der Waals surface area contributed by atoms with Crippen LogP contribution in [0, 0.1) is 0 Å². The molecule has 0 spiro atoms. The van der Waals surface area contributed by atoms with E-state index in [1.54, 1.807) is 0 Å². The second kappa shape index (κ2) is 7.28. The molecular weight excluding hydrogens is 376 g/mol. The summed E-state index contributed by atoms with van der Waals surface area (Å²) in [4.78, 5) is 44.9. The van der Waals surface area contributed by atoms with Gasteiger partial charge in [0, 0.05) is 27.2 Å². The van der Waals surface area contributed by atoms with Gasteiger partial charge in [0.05, 0.1) is 13.2 Å². The molecule has 1 aliphatic rings. The van der Waals surface area contributed by atoms with Crippen LogP contribution in [0.15, 0.2) is 14.7 Å². The first-order chi connectivity index (χ1) is 12.8. The number of anilines is 1. The van der Waals surface area contributed by atoms with Crippen LogP contribution in [-0.2, 0) is 23.6 Å². The summed E-state index contributed by atoms with van der Waals surface area (Å²) in [6.45, 7) is 1.65. The highest BCUT2D eigenvalue weighted by Crippen LogP contribution is 2.08. The second-order valence-electron chi connectivity index (χ2n) is 5.83. The number of thiocarbonyl (C=S) groups is 1. The van der Waals surface area contributed by atoms with Crippen LogP contribution >= 0.6 is 12.2 Å². The maximum absolute atomic E-state index is 12.5. The molecule has 0 atom stereocenters. The minimum Gasteiger partial charge on any atom is -0.388 e. The number of hydrazone groups is 1. The third kappa shape index (κ3) is 3.46. The van der Waals surface area contributed by atoms with E-state index in [1.165, 1.54) is 23.6 Å². The number of carbonyl (C=O) groups excluding carboxylic acids is 1. The SMILES string of the molecule is Cn1c(=O)c2[nH]c(N/N=C(\C(=O)N3CCOCC3)C(N)=S)nc2n(C)c1=O. The summed E-state index contributed by atoms with van der Waals surface area (Å²) < 4.78 is 7.38. The summed E-state index contributed by atoms with van der Waals surface area (Å²) in [6, 6.07) is 0. The summed E-state index contributed by atoms with van der Waals surface area (Å²) in [5.41, 5.74) is 7.24.